The van der Waals surface area contributed by atoms with Crippen molar-refractivity contribution in [1.82, 2.24) is 19.9 Å². The van der Waals surface area contributed by atoms with E-state index in [9.17, 15) is 0 Å². The Kier molecular flexibility index (Phi) is 7.14. The molecule has 216 valence electrons. The maximum absolute atomic E-state index is 5.15. The van der Waals surface area contributed by atoms with Crippen molar-refractivity contribution in [3.8, 4) is 67.7 Å². The molecule has 0 amide bonds. The van der Waals surface area contributed by atoms with E-state index in [4.69, 9.17) is 19.9 Å². The van der Waals surface area contributed by atoms with Crippen molar-refractivity contribution in [3.05, 3.63) is 170 Å². The molecule has 6 aromatic carbocycles. The Hall–Kier alpha value is -6.26. The van der Waals surface area contributed by atoms with Crippen LogP contribution in [0.15, 0.2) is 170 Å². The standard InChI is InChI=1S/C42H28N4/c1-3-14-29(15-4-1)35-22-9-11-24-37(35)41-44-40(45-42(46-41)38-25-12-10-23-36(38)30-16-5-2-6-17-30)33-21-13-20-32(26-33)39-27-31-18-7-8-19-34(31)28-43-39/h1-28H. The van der Waals surface area contributed by atoms with Crippen molar-refractivity contribution < 1.29 is 0 Å². The van der Waals surface area contributed by atoms with Crippen molar-refractivity contribution in [2.75, 3.05) is 0 Å². The second kappa shape index (κ2) is 12.0. The molecule has 0 unspecified atom stereocenters. The first-order valence-electron chi connectivity index (χ1n) is 15.3. The van der Waals surface area contributed by atoms with Crippen LogP contribution in [0.5, 0.6) is 0 Å². The van der Waals surface area contributed by atoms with E-state index in [2.05, 4.69) is 127 Å². The van der Waals surface area contributed by atoms with Crippen LogP contribution in [0.25, 0.3) is 78.4 Å². The number of pyridine rings is 1. The highest BCUT2D eigenvalue weighted by Gasteiger charge is 2.18. The van der Waals surface area contributed by atoms with Crippen molar-refractivity contribution in [2.24, 2.45) is 0 Å². The van der Waals surface area contributed by atoms with E-state index in [1.807, 2.05) is 42.6 Å². The SMILES string of the molecule is c1ccc(-c2ccccc2-c2nc(-c3cccc(-c4cc5ccccc5cn4)c3)nc(-c3ccccc3-c3ccccc3)n2)cc1. The summed E-state index contributed by atoms with van der Waals surface area (Å²) in [6.07, 6.45) is 1.93. The van der Waals surface area contributed by atoms with Gasteiger partial charge in [0.1, 0.15) is 0 Å². The fraction of sp³-hybridized carbons (Fsp3) is 0. The monoisotopic (exact) mass is 588 g/mol. The van der Waals surface area contributed by atoms with Gasteiger partial charge in [0.2, 0.25) is 0 Å². The third-order valence-electron chi connectivity index (χ3n) is 8.19. The zero-order chi connectivity index (χ0) is 30.7. The summed E-state index contributed by atoms with van der Waals surface area (Å²) in [7, 11) is 0. The van der Waals surface area contributed by atoms with Gasteiger partial charge in [-0.1, -0.05) is 152 Å². The topological polar surface area (TPSA) is 51.6 Å². The largest absolute Gasteiger partial charge is 0.256 e. The third-order valence-corrected chi connectivity index (χ3v) is 8.19. The average molecular weight is 589 g/mol. The molecule has 0 saturated carbocycles. The summed E-state index contributed by atoms with van der Waals surface area (Å²) < 4.78 is 0. The highest BCUT2D eigenvalue weighted by atomic mass is 15.0. The molecule has 0 aliphatic heterocycles. The zero-order valence-electron chi connectivity index (χ0n) is 25.0. The Morgan fingerprint density at radius 2 is 0.761 bits per heavy atom. The van der Waals surface area contributed by atoms with Crippen LogP contribution < -0.4 is 0 Å². The van der Waals surface area contributed by atoms with Crippen molar-refractivity contribution in [3.63, 3.8) is 0 Å². The molecule has 0 fully saturated rings. The summed E-state index contributed by atoms with van der Waals surface area (Å²) in [5, 5.41) is 2.26. The maximum atomic E-state index is 5.15. The Morgan fingerprint density at radius 3 is 1.37 bits per heavy atom. The quantitative estimate of drug-likeness (QED) is 0.194. The molecular weight excluding hydrogens is 560 g/mol. The minimum atomic E-state index is 0.605. The lowest BCUT2D eigenvalue weighted by Gasteiger charge is -2.14. The molecule has 8 rings (SSSR count). The van der Waals surface area contributed by atoms with E-state index >= 15 is 0 Å². The van der Waals surface area contributed by atoms with Gasteiger partial charge in [-0.05, 0) is 39.8 Å². The van der Waals surface area contributed by atoms with Crippen LogP contribution in [0, 0.1) is 0 Å². The minimum absolute atomic E-state index is 0.605. The molecule has 4 nitrogen and oxygen atoms in total. The highest BCUT2D eigenvalue weighted by Crippen LogP contribution is 2.35. The van der Waals surface area contributed by atoms with Gasteiger partial charge in [0.05, 0.1) is 5.69 Å². The summed E-state index contributed by atoms with van der Waals surface area (Å²) in [4.78, 5) is 20.2. The molecule has 0 saturated heterocycles. The Bertz CT molecular complexity index is 2210. The lowest BCUT2D eigenvalue weighted by molar-refractivity contribution is 1.07. The molecule has 8 aromatic rings. The molecule has 0 aliphatic carbocycles. The summed E-state index contributed by atoms with van der Waals surface area (Å²) in [5.41, 5.74) is 9.04. The fourth-order valence-corrected chi connectivity index (χ4v) is 5.90. The van der Waals surface area contributed by atoms with Gasteiger partial charge >= 0.3 is 0 Å². The molecule has 2 heterocycles. The van der Waals surface area contributed by atoms with E-state index in [1.54, 1.807) is 0 Å². The second-order valence-corrected chi connectivity index (χ2v) is 11.1. The molecule has 0 atom stereocenters. The predicted octanol–water partition coefficient (Wildman–Crippen LogP) is 10.4. The molecule has 0 radical (unpaired) electrons. The van der Waals surface area contributed by atoms with Crippen LogP contribution in [0.3, 0.4) is 0 Å². The van der Waals surface area contributed by atoms with Gasteiger partial charge < -0.3 is 0 Å². The van der Waals surface area contributed by atoms with Gasteiger partial charge in [0.15, 0.2) is 17.5 Å². The van der Waals surface area contributed by atoms with Gasteiger partial charge in [-0.25, -0.2) is 15.0 Å². The first-order chi connectivity index (χ1) is 22.8. The predicted molar refractivity (Wildman–Crippen MR) is 188 cm³/mol. The Labute approximate surface area is 267 Å². The number of rotatable bonds is 6. The number of aromatic nitrogens is 4. The van der Waals surface area contributed by atoms with E-state index < -0.39 is 0 Å². The number of nitrogens with zero attached hydrogens (tertiary/aromatic N) is 4. The first kappa shape index (κ1) is 27.3. The van der Waals surface area contributed by atoms with Crippen LogP contribution in [0.2, 0.25) is 0 Å². The number of hydrogen-bond acceptors (Lipinski definition) is 4. The Balaban J connectivity index is 1.33. The van der Waals surface area contributed by atoms with Gasteiger partial charge in [0, 0.05) is 33.8 Å². The molecule has 0 N–H and O–H groups in total. The normalized spacial score (nSPS) is 11.0. The van der Waals surface area contributed by atoms with Gasteiger partial charge in [-0.15, -0.1) is 0 Å². The van der Waals surface area contributed by atoms with Gasteiger partial charge in [0.25, 0.3) is 0 Å². The second-order valence-electron chi connectivity index (χ2n) is 11.1. The zero-order valence-corrected chi connectivity index (χ0v) is 25.0. The van der Waals surface area contributed by atoms with Crippen molar-refractivity contribution >= 4 is 10.8 Å². The molecule has 4 heteroatoms. The molecule has 46 heavy (non-hydrogen) atoms. The summed E-state index contributed by atoms with van der Waals surface area (Å²) in [5.74, 6) is 1.85. The van der Waals surface area contributed by atoms with Crippen LogP contribution >= 0.6 is 0 Å². The van der Waals surface area contributed by atoms with Gasteiger partial charge in [-0.2, -0.15) is 0 Å². The smallest absolute Gasteiger partial charge is 0.164 e. The summed E-state index contributed by atoms with van der Waals surface area (Å²) in [6, 6.07) is 56.1. The van der Waals surface area contributed by atoms with E-state index in [1.165, 1.54) is 0 Å². The number of fused-ring (bicyclic) bond motifs is 1. The van der Waals surface area contributed by atoms with E-state index in [0.717, 1.165) is 61.0 Å². The van der Waals surface area contributed by atoms with Crippen LogP contribution in [0.1, 0.15) is 0 Å². The molecule has 2 aromatic heterocycles. The van der Waals surface area contributed by atoms with Gasteiger partial charge in [-0.3, -0.25) is 4.98 Å². The van der Waals surface area contributed by atoms with Crippen LogP contribution in [0.4, 0.5) is 0 Å². The third kappa shape index (κ3) is 5.33. The van der Waals surface area contributed by atoms with E-state index in [-0.39, 0.29) is 0 Å². The fourth-order valence-electron chi connectivity index (χ4n) is 5.90. The number of benzene rings is 6. The maximum Gasteiger partial charge on any atom is 0.164 e. The van der Waals surface area contributed by atoms with Crippen LogP contribution in [-0.4, -0.2) is 19.9 Å². The van der Waals surface area contributed by atoms with Crippen molar-refractivity contribution in [1.29, 1.82) is 0 Å². The Morgan fingerprint density at radius 1 is 0.304 bits per heavy atom. The lowest BCUT2D eigenvalue weighted by Crippen LogP contribution is -2.02. The molecular formula is C42H28N4. The number of hydrogen-bond donors (Lipinski definition) is 0. The molecule has 0 aliphatic rings. The van der Waals surface area contributed by atoms with E-state index in [0.29, 0.717) is 17.5 Å². The summed E-state index contributed by atoms with van der Waals surface area (Å²) in [6.45, 7) is 0. The van der Waals surface area contributed by atoms with Crippen LogP contribution in [-0.2, 0) is 0 Å². The minimum Gasteiger partial charge on any atom is -0.256 e. The average Bonchev–Trinajstić information content (AvgIpc) is 3.15. The first-order valence-corrected chi connectivity index (χ1v) is 15.3. The lowest BCUT2D eigenvalue weighted by atomic mass is 9.98. The summed E-state index contributed by atoms with van der Waals surface area (Å²) >= 11 is 0. The molecule has 0 spiro atoms. The van der Waals surface area contributed by atoms with Crippen molar-refractivity contribution in [2.45, 2.75) is 0 Å². The molecule has 0 bridgehead atoms. The highest BCUT2D eigenvalue weighted by molar-refractivity contribution is 5.87.